The van der Waals surface area contributed by atoms with E-state index in [1.807, 2.05) is 6.07 Å². The highest BCUT2D eigenvalue weighted by atomic mass is 32.2. The van der Waals surface area contributed by atoms with Gasteiger partial charge in [0.25, 0.3) is 15.9 Å². The molecule has 0 radical (unpaired) electrons. The molecule has 2 rings (SSSR count). The van der Waals surface area contributed by atoms with Gasteiger partial charge in [0.15, 0.2) is 0 Å². The molecule has 3 N–H and O–H groups in total. The van der Waals surface area contributed by atoms with Crippen LogP contribution in [0.1, 0.15) is 16.8 Å². The maximum absolute atomic E-state index is 12.2. The van der Waals surface area contributed by atoms with E-state index in [0.29, 0.717) is 4.31 Å². The van der Waals surface area contributed by atoms with Crippen LogP contribution < -0.4 is 11.1 Å². The van der Waals surface area contributed by atoms with Crippen LogP contribution in [-0.4, -0.2) is 37.6 Å². The zero-order valence-electron chi connectivity index (χ0n) is 10.9. The number of nitrogens with two attached hydrogens (primary N) is 1. The summed E-state index contributed by atoms with van der Waals surface area (Å²) >= 11 is 0. The Morgan fingerprint density at radius 3 is 2.81 bits per heavy atom. The van der Waals surface area contributed by atoms with Gasteiger partial charge in [-0.15, -0.1) is 0 Å². The molecule has 1 aliphatic rings. The van der Waals surface area contributed by atoms with Gasteiger partial charge in [0.2, 0.25) is 5.91 Å². The van der Waals surface area contributed by atoms with E-state index in [0.717, 1.165) is 0 Å². The quantitative estimate of drug-likeness (QED) is 0.566. The number of carbonyl (C=O) groups is 2. The predicted octanol–water partition coefficient (Wildman–Crippen LogP) is -0.557. The van der Waals surface area contributed by atoms with Crippen LogP contribution >= 0.6 is 0 Å². The van der Waals surface area contributed by atoms with E-state index in [9.17, 15) is 18.0 Å². The second-order valence-electron chi connectivity index (χ2n) is 4.33. The number of fused-ring (bicyclic) bond motifs is 1. The SMILES string of the molecule is N#CCCNC(=O)CN1C(=O)c2cc(N)ccc2S1(=O)=O. The van der Waals surface area contributed by atoms with Crippen LogP contribution in [0.2, 0.25) is 0 Å². The van der Waals surface area contributed by atoms with Gasteiger partial charge in [-0.25, -0.2) is 12.7 Å². The fourth-order valence-electron chi connectivity index (χ4n) is 1.90. The van der Waals surface area contributed by atoms with E-state index in [-0.39, 0.29) is 29.1 Å². The number of hydrogen-bond acceptors (Lipinski definition) is 6. The summed E-state index contributed by atoms with van der Waals surface area (Å²) in [5.41, 5.74) is 5.75. The van der Waals surface area contributed by atoms with Crippen LogP contribution in [-0.2, 0) is 14.8 Å². The summed E-state index contributed by atoms with van der Waals surface area (Å²) in [6, 6.07) is 5.72. The van der Waals surface area contributed by atoms with Gasteiger partial charge >= 0.3 is 0 Å². The largest absolute Gasteiger partial charge is 0.399 e. The zero-order chi connectivity index (χ0) is 15.6. The van der Waals surface area contributed by atoms with Gasteiger partial charge in [-0.3, -0.25) is 9.59 Å². The minimum Gasteiger partial charge on any atom is -0.399 e. The van der Waals surface area contributed by atoms with E-state index in [1.54, 1.807) is 0 Å². The Morgan fingerprint density at radius 1 is 1.43 bits per heavy atom. The Morgan fingerprint density at radius 2 is 2.14 bits per heavy atom. The van der Waals surface area contributed by atoms with Crippen molar-refractivity contribution < 1.29 is 18.0 Å². The van der Waals surface area contributed by atoms with Crippen molar-refractivity contribution in [3.8, 4) is 6.07 Å². The van der Waals surface area contributed by atoms with Gasteiger partial charge in [-0.05, 0) is 18.2 Å². The smallest absolute Gasteiger partial charge is 0.269 e. The Hall–Kier alpha value is -2.60. The maximum atomic E-state index is 12.2. The van der Waals surface area contributed by atoms with Crippen molar-refractivity contribution in [1.29, 1.82) is 5.26 Å². The van der Waals surface area contributed by atoms with Crippen LogP contribution in [0.4, 0.5) is 5.69 Å². The number of amides is 2. The van der Waals surface area contributed by atoms with E-state index in [4.69, 9.17) is 11.0 Å². The zero-order valence-corrected chi connectivity index (χ0v) is 11.7. The summed E-state index contributed by atoms with van der Waals surface area (Å²) in [5.74, 6) is -1.43. The number of carbonyl (C=O) groups excluding carboxylic acids is 2. The van der Waals surface area contributed by atoms with Crippen LogP contribution in [0.5, 0.6) is 0 Å². The molecule has 9 heteroatoms. The van der Waals surface area contributed by atoms with E-state index in [2.05, 4.69) is 5.32 Å². The fraction of sp³-hybridized carbons (Fsp3) is 0.250. The molecule has 1 aromatic rings. The van der Waals surface area contributed by atoms with Crippen molar-refractivity contribution in [1.82, 2.24) is 9.62 Å². The lowest BCUT2D eigenvalue weighted by Gasteiger charge is -2.14. The predicted molar refractivity (Wildman–Crippen MR) is 72.3 cm³/mol. The van der Waals surface area contributed by atoms with Crippen molar-refractivity contribution in [2.75, 3.05) is 18.8 Å². The molecule has 110 valence electrons. The Labute approximate surface area is 121 Å². The molecule has 0 saturated carbocycles. The molecule has 0 fully saturated rings. The minimum absolute atomic E-state index is 0.0418. The van der Waals surface area contributed by atoms with Gasteiger partial charge in [-0.1, -0.05) is 0 Å². The molecule has 0 aromatic heterocycles. The molecule has 0 bridgehead atoms. The Balaban J connectivity index is 2.22. The summed E-state index contributed by atoms with van der Waals surface area (Å²) in [7, 11) is -4.04. The average molecular weight is 308 g/mol. The number of nitriles is 1. The number of nitrogen functional groups attached to an aromatic ring is 1. The van der Waals surface area contributed by atoms with Gasteiger partial charge < -0.3 is 11.1 Å². The Bertz CT molecular complexity index is 751. The standard InChI is InChI=1S/C12H12N4O4S/c13-4-1-5-15-11(17)7-16-12(18)9-6-8(14)2-3-10(9)21(16,19)20/h2-3,6H,1,5,7,14H2,(H,15,17). The first-order valence-electron chi connectivity index (χ1n) is 5.98. The molecule has 0 unspecified atom stereocenters. The van der Waals surface area contributed by atoms with Crippen molar-refractivity contribution >= 4 is 27.5 Å². The van der Waals surface area contributed by atoms with Gasteiger partial charge in [-0.2, -0.15) is 5.26 Å². The fourth-order valence-corrected chi connectivity index (χ4v) is 3.41. The number of rotatable bonds is 4. The van der Waals surface area contributed by atoms with Gasteiger partial charge in [0.05, 0.1) is 18.1 Å². The highest BCUT2D eigenvalue weighted by molar-refractivity contribution is 7.90. The van der Waals surface area contributed by atoms with Crippen LogP contribution in [0.25, 0.3) is 0 Å². The third-order valence-electron chi connectivity index (χ3n) is 2.87. The summed E-state index contributed by atoms with van der Waals surface area (Å²) in [5, 5.41) is 10.7. The summed E-state index contributed by atoms with van der Waals surface area (Å²) in [6.45, 7) is -0.529. The number of nitrogens with zero attached hydrogens (tertiary/aromatic N) is 2. The molecule has 2 amide bonds. The van der Waals surface area contributed by atoms with Gasteiger partial charge in [0.1, 0.15) is 11.4 Å². The third-order valence-corrected chi connectivity index (χ3v) is 4.66. The van der Waals surface area contributed by atoms with Crippen molar-refractivity contribution in [2.24, 2.45) is 0 Å². The first kappa shape index (κ1) is 14.8. The molecule has 1 heterocycles. The lowest BCUT2D eigenvalue weighted by Crippen LogP contribution is -2.40. The second-order valence-corrected chi connectivity index (χ2v) is 6.16. The van der Waals surface area contributed by atoms with Crippen molar-refractivity contribution in [2.45, 2.75) is 11.3 Å². The minimum atomic E-state index is -4.04. The first-order valence-corrected chi connectivity index (χ1v) is 7.42. The highest BCUT2D eigenvalue weighted by Gasteiger charge is 2.42. The van der Waals surface area contributed by atoms with Crippen LogP contribution in [0, 0.1) is 11.3 Å². The van der Waals surface area contributed by atoms with Crippen molar-refractivity contribution in [3.05, 3.63) is 23.8 Å². The highest BCUT2D eigenvalue weighted by Crippen LogP contribution is 2.31. The molecule has 1 aromatic carbocycles. The number of anilines is 1. The maximum Gasteiger partial charge on any atom is 0.269 e. The third kappa shape index (κ3) is 2.66. The lowest BCUT2D eigenvalue weighted by molar-refractivity contribution is -0.120. The molecule has 1 aliphatic heterocycles. The number of sulfonamides is 1. The number of benzene rings is 1. The summed E-state index contributed by atoms with van der Waals surface area (Å²) in [6.07, 6.45) is 0.100. The lowest BCUT2D eigenvalue weighted by atomic mass is 10.2. The molecule has 0 aliphatic carbocycles. The van der Waals surface area contributed by atoms with Crippen LogP contribution in [0.3, 0.4) is 0 Å². The molecule has 0 atom stereocenters. The molecule has 21 heavy (non-hydrogen) atoms. The second kappa shape index (κ2) is 5.41. The van der Waals surface area contributed by atoms with Crippen molar-refractivity contribution in [3.63, 3.8) is 0 Å². The van der Waals surface area contributed by atoms with Crippen LogP contribution in [0.15, 0.2) is 23.1 Å². The normalized spacial score (nSPS) is 15.4. The van der Waals surface area contributed by atoms with E-state index >= 15 is 0 Å². The van der Waals surface area contributed by atoms with E-state index in [1.165, 1.54) is 18.2 Å². The topological polar surface area (TPSA) is 133 Å². The average Bonchev–Trinajstić information content (AvgIpc) is 2.60. The first-order chi connectivity index (χ1) is 9.87. The Kier molecular flexibility index (Phi) is 3.82. The summed E-state index contributed by atoms with van der Waals surface area (Å²) in [4.78, 5) is 23.5. The molecular weight excluding hydrogens is 296 g/mol. The van der Waals surface area contributed by atoms with E-state index < -0.39 is 28.4 Å². The molecule has 0 saturated heterocycles. The van der Waals surface area contributed by atoms with Gasteiger partial charge in [0, 0.05) is 12.2 Å². The summed E-state index contributed by atoms with van der Waals surface area (Å²) < 4.78 is 24.9. The molecule has 8 nitrogen and oxygen atoms in total. The monoisotopic (exact) mass is 308 g/mol. The molecular formula is C12H12N4O4S. The molecule has 0 spiro atoms. The number of nitrogens with one attached hydrogen (secondary N) is 1. The number of hydrogen-bond donors (Lipinski definition) is 2.